The lowest BCUT2D eigenvalue weighted by Gasteiger charge is -2.15. The number of carbonyl (C=O) groups is 2. The number of amides is 1. The molecule has 3 rings (SSSR count). The Labute approximate surface area is 173 Å². The summed E-state index contributed by atoms with van der Waals surface area (Å²) < 4.78 is 5.44. The summed E-state index contributed by atoms with van der Waals surface area (Å²) in [6, 6.07) is 19.7. The Hall–Kier alpha value is -4.00. The minimum Gasteiger partial charge on any atom is -0.454 e. The van der Waals surface area contributed by atoms with Crippen molar-refractivity contribution in [1.29, 1.82) is 0 Å². The van der Waals surface area contributed by atoms with E-state index in [9.17, 15) is 19.7 Å². The third-order valence-electron chi connectivity index (χ3n) is 4.61. The van der Waals surface area contributed by atoms with Gasteiger partial charge in [0.15, 0.2) is 0 Å². The van der Waals surface area contributed by atoms with Gasteiger partial charge in [0.2, 0.25) is 0 Å². The Morgan fingerprint density at radius 1 is 0.967 bits per heavy atom. The molecule has 0 unspecified atom stereocenters. The van der Waals surface area contributed by atoms with Crippen molar-refractivity contribution in [3.8, 4) is 0 Å². The molecule has 1 amide bonds. The molecule has 0 spiro atoms. The molecular formula is C23H20N2O5. The Morgan fingerprint density at radius 2 is 1.63 bits per heavy atom. The second-order valence-electron chi connectivity index (χ2n) is 6.71. The number of anilines is 1. The summed E-state index contributed by atoms with van der Waals surface area (Å²) in [4.78, 5) is 35.7. The first-order valence-electron chi connectivity index (χ1n) is 9.28. The van der Waals surface area contributed by atoms with Crippen LogP contribution in [0.4, 0.5) is 11.4 Å². The van der Waals surface area contributed by atoms with Crippen LogP contribution in [-0.2, 0) is 4.74 Å². The topological polar surface area (TPSA) is 98.5 Å². The van der Waals surface area contributed by atoms with E-state index in [0.717, 1.165) is 5.56 Å². The van der Waals surface area contributed by atoms with Crippen molar-refractivity contribution in [2.75, 3.05) is 5.32 Å². The summed E-state index contributed by atoms with van der Waals surface area (Å²) in [5.41, 5.74) is 2.18. The minimum atomic E-state index is -0.817. The molecule has 0 heterocycles. The van der Waals surface area contributed by atoms with Crippen molar-refractivity contribution in [1.82, 2.24) is 0 Å². The first-order chi connectivity index (χ1) is 14.4. The maximum atomic E-state index is 12.6. The van der Waals surface area contributed by atoms with E-state index in [4.69, 9.17) is 4.74 Å². The summed E-state index contributed by atoms with van der Waals surface area (Å²) in [6.07, 6.45) is -0.817. The van der Waals surface area contributed by atoms with Crippen molar-refractivity contribution in [3.63, 3.8) is 0 Å². The summed E-state index contributed by atoms with van der Waals surface area (Å²) in [6.45, 7) is 3.39. The molecule has 1 atom stereocenters. The van der Waals surface area contributed by atoms with Crippen LogP contribution in [0.2, 0.25) is 0 Å². The van der Waals surface area contributed by atoms with Crippen molar-refractivity contribution in [2.24, 2.45) is 0 Å². The molecule has 3 aromatic carbocycles. The predicted molar refractivity (Wildman–Crippen MR) is 113 cm³/mol. The van der Waals surface area contributed by atoms with Crippen molar-refractivity contribution < 1.29 is 19.2 Å². The SMILES string of the molecule is Cc1ccc(C(=O)O[C@H](C)c2ccccc2[N+](=O)[O-])cc1NC(=O)c1ccccc1. The fraction of sp³-hybridized carbons (Fsp3) is 0.130. The lowest BCUT2D eigenvalue weighted by molar-refractivity contribution is -0.386. The Morgan fingerprint density at radius 3 is 2.33 bits per heavy atom. The van der Waals surface area contributed by atoms with E-state index in [1.54, 1.807) is 61.5 Å². The molecule has 0 aromatic heterocycles. The number of nitrogens with zero attached hydrogens (tertiary/aromatic N) is 1. The Kier molecular flexibility index (Phi) is 6.22. The van der Waals surface area contributed by atoms with Gasteiger partial charge in [-0.05, 0) is 49.7 Å². The summed E-state index contributed by atoms with van der Waals surface area (Å²) >= 11 is 0. The number of para-hydroxylation sites is 1. The van der Waals surface area contributed by atoms with Gasteiger partial charge >= 0.3 is 5.97 Å². The molecule has 0 aliphatic carbocycles. The highest BCUT2D eigenvalue weighted by Gasteiger charge is 2.22. The maximum Gasteiger partial charge on any atom is 0.338 e. The first-order valence-corrected chi connectivity index (χ1v) is 9.28. The predicted octanol–water partition coefficient (Wildman–Crippen LogP) is 5.07. The molecule has 0 saturated heterocycles. The summed E-state index contributed by atoms with van der Waals surface area (Å²) in [5.74, 6) is -0.937. The number of ether oxygens (including phenoxy) is 1. The van der Waals surface area contributed by atoms with E-state index in [-0.39, 0.29) is 17.2 Å². The number of esters is 1. The van der Waals surface area contributed by atoms with Crippen LogP contribution in [0, 0.1) is 17.0 Å². The van der Waals surface area contributed by atoms with E-state index in [1.807, 2.05) is 13.0 Å². The molecule has 0 fully saturated rings. The maximum absolute atomic E-state index is 12.6. The van der Waals surface area contributed by atoms with Crippen LogP contribution < -0.4 is 5.32 Å². The van der Waals surface area contributed by atoms with Crippen LogP contribution in [0.3, 0.4) is 0 Å². The van der Waals surface area contributed by atoms with Crippen LogP contribution in [0.5, 0.6) is 0 Å². The van der Waals surface area contributed by atoms with Crippen molar-refractivity contribution in [3.05, 3.63) is 105 Å². The average molecular weight is 404 g/mol. The lowest BCUT2D eigenvalue weighted by Crippen LogP contribution is -2.14. The van der Waals surface area contributed by atoms with Crippen LogP contribution >= 0.6 is 0 Å². The van der Waals surface area contributed by atoms with Gasteiger partial charge in [0.25, 0.3) is 11.6 Å². The molecule has 0 saturated carbocycles. The van der Waals surface area contributed by atoms with Crippen LogP contribution in [0.15, 0.2) is 72.8 Å². The highest BCUT2D eigenvalue weighted by atomic mass is 16.6. The van der Waals surface area contributed by atoms with Gasteiger partial charge in [-0.3, -0.25) is 14.9 Å². The smallest absolute Gasteiger partial charge is 0.338 e. The number of nitro groups is 1. The van der Waals surface area contributed by atoms with Gasteiger partial charge in [-0.2, -0.15) is 0 Å². The molecule has 3 aromatic rings. The van der Waals surface area contributed by atoms with Crippen LogP contribution in [0.1, 0.15) is 44.9 Å². The lowest BCUT2D eigenvalue weighted by atomic mass is 10.1. The van der Waals surface area contributed by atoms with Crippen molar-refractivity contribution in [2.45, 2.75) is 20.0 Å². The largest absolute Gasteiger partial charge is 0.454 e. The van der Waals surface area contributed by atoms with Crippen molar-refractivity contribution >= 4 is 23.3 Å². The zero-order valence-corrected chi connectivity index (χ0v) is 16.5. The van der Waals surface area contributed by atoms with E-state index in [2.05, 4.69) is 5.32 Å². The second kappa shape index (κ2) is 9.00. The molecule has 7 nitrogen and oxygen atoms in total. The zero-order valence-electron chi connectivity index (χ0n) is 16.5. The summed E-state index contributed by atoms with van der Waals surface area (Å²) in [7, 11) is 0. The van der Waals surface area contributed by atoms with Gasteiger partial charge in [-0.15, -0.1) is 0 Å². The number of nitrogens with one attached hydrogen (secondary N) is 1. The van der Waals surface area contributed by atoms with Gasteiger partial charge in [0.05, 0.1) is 16.1 Å². The third-order valence-corrected chi connectivity index (χ3v) is 4.61. The molecular weight excluding hydrogens is 384 g/mol. The molecule has 0 aliphatic heterocycles. The molecule has 30 heavy (non-hydrogen) atoms. The number of rotatable bonds is 6. The highest BCUT2D eigenvalue weighted by molar-refractivity contribution is 6.05. The molecule has 0 bridgehead atoms. The number of hydrogen-bond acceptors (Lipinski definition) is 5. The van der Waals surface area contributed by atoms with Gasteiger partial charge in [0.1, 0.15) is 6.10 Å². The third kappa shape index (κ3) is 4.70. The molecule has 0 radical (unpaired) electrons. The second-order valence-corrected chi connectivity index (χ2v) is 6.71. The first kappa shape index (κ1) is 20.7. The van der Waals surface area contributed by atoms with E-state index in [1.165, 1.54) is 12.1 Å². The monoisotopic (exact) mass is 404 g/mol. The fourth-order valence-electron chi connectivity index (χ4n) is 2.96. The number of hydrogen-bond donors (Lipinski definition) is 1. The number of carbonyl (C=O) groups excluding carboxylic acids is 2. The number of benzene rings is 3. The van der Waals surface area contributed by atoms with E-state index >= 15 is 0 Å². The highest BCUT2D eigenvalue weighted by Crippen LogP contribution is 2.28. The zero-order chi connectivity index (χ0) is 21.7. The quantitative estimate of drug-likeness (QED) is 0.351. The van der Waals surface area contributed by atoms with E-state index < -0.39 is 17.0 Å². The molecule has 0 aliphatic rings. The molecule has 152 valence electrons. The van der Waals surface area contributed by atoms with E-state index in [0.29, 0.717) is 16.8 Å². The minimum absolute atomic E-state index is 0.113. The Bertz CT molecular complexity index is 1100. The summed E-state index contributed by atoms with van der Waals surface area (Å²) in [5, 5.41) is 14.0. The normalized spacial score (nSPS) is 11.4. The van der Waals surface area contributed by atoms with Gasteiger partial charge in [0, 0.05) is 17.3 Å². The number of aryl methyl sites for hydroxylation is 1. The van der Waals surface area contributed by atoms with Gasteiger partial charge < -0.3 is 10.1 Å². The van der Waals surface area contributed by atoms with Crippen LogP contribution in [0.25, 0.3) is 0 Å². The standard InChI is InChI=1S/C23H20N2O5/c1-15-12-13-18(14-20(15)24-22(26)17-8-4-3-5-9-17)23(27)30-16(2)19-10-6-7-11-21(19)25(28)29/h3-14,16H,1-2H3,(H,24,26)/t16-/m1/s1. The number of nitro benzene ring substituents is 1. The fourth-order valence-corrected chi connectivity index (χ4v) is 2.96. The van der Waals surface area contributed by atoms with Gasteiger partial charge in [-0.25, -0.2) is 4.79 Å². The van der Waals surface area contributed by atoms with Gasteiger partial charge in [-0.1, -0.05) is 36.4 Å². The molecule has 1 N–H and O–H groups in total. The molecule has 7 heteroatoms. The average Bonchev–Trinajstić information content (AvgIpc) is 2.75. The van der Waals surface area contributed by atoms with Crippen LogP contribution in [-0.4, -0.2) is 16.8 Å². The Balaban J connectivity index is 1.78.